The number of hydrogen-bond acceptors (Lipinski definition) is 6. The quantitative estimate of drug-likeness (QED) is 0.309. The number of nitrogens with zero attached hydrogens (tertiary/aromatic N) is 2. The van der Waals surface area contributed by atoms with Gasteiger partial charge in [-0.2, -0.15) is 0 Å². The van der Waals surface area contributed by atoms with Gasteiger partial charge in [-0.3, -0.25) is 0 Å². The second kappa shape index (κ2) is 11.1. The molecule has 2 heterocycles. The van der Waals surface area contributed by atoms with E-state index in [9.17, 15) is 8.42 Å². The SMILES string of the molecule is CC(C)(C)C1CN(c2nc(CNS(=O)(=O)c3ccccc3)cs2)C1O[Si](c1ccccc1)c1ccccc1. The summed E-state index contributed by atoms with van der Waals surface area (Å²) in [4.78, 5) is 7.27. The lowest BCUT2D eigenvalue weighted by Crippen LogP contribution is -2.65. The van der Waals surface area contributed by atoms with E-state index < -0.39 is 19.1 Å². The largest absolute Gasteiger partial charge is 0.387 e. The smallest absolute Gasteiger partial charge is 0.285 e. The number of rotatable bonds is 9. The molecule has 2 atom stereocenters. The zero-order valence-corrected chi connectivity index (χ0v) is 24.4. The molecule has 0 amide bonds. The Bertz CT molecular complexity index is 1400. The summed E-state index contributed by atoms with van der Waals surface area (Å²) in [5.74, 6) is 0.332. The lowest BCUT2D eigenvalue weighted by molar-refractivity contribution is 0.00495. The van der Waals surface area contributed by atoms with Gasteiger partial charge in [-0.15, -0.1) is 11.3 Å². The summed E-state index contributed by atoms with van der Waals surface area (Å²) in [5.41, 5.74) is 0.756. The second-order valence-electron chi connectivity index (χ2n) is 10.5. The summed E-state index contributed by atoms with van der Waals surface area (Å²) >= 11 is 1.53. The maximum Gasteiger partial charge on any atom is 0.285 e. The Kier molecular flexibility index (Phi) is 7.83. The number of anilines is 1. The van der Waals surface area contributed by atoms with E-state index in [0.29, 0.717) is 11.6 Å². The van der Waals surface area contributed by atoms with Crippen LogP contribution in [0.1, 0.15) is 26.5 Å². The van der Waals surface area contributed by atoms with Crippen LogP contribution >= 0.6 is 11.3 Å². The van der Waals surface area contributed by atoms with Crippen molar-refractivity contribution in [3.8, 4) is 0 Å². The second-order valence-corrected chi connectivity index (χ2v) is 15.1. The molecule has 4 aromatic rings. The Morgan fingerprint density at radius 2 is 1.50 bits per heavy atom. The van der Waals surface area contributed by atoms with Gasteiger partial charge in [-0.1, -0.05) is 99.6 Å². The molecule has 9 heteroatoms. The number of thiazole rings is 1. The monoisotopic (exact) mass is 562 g/mol. The zero-order valence-electron chi connectivity index (χ0n) is 21.7. The summed E-state index contributed by atoms with van der Waals surface area (Å²) in [5, 5.41) is 5.19. The lowest BCUT2D eigenvalue weighted by Gasteiger charge is -2.53. The molecule has 1 aliphatic heterocycles. The van der Waals surface area contributed by atoms with Crippen LogP contribution in [0.25, 0.3) is 0 Å². The molecule has 1 N–H and O–H groups in total. The fourth-order valence-electron chi connectivity index (χ4n) is 4.48. The molecule has 6 nitrogen and oxygen atoms in total. The molecule has 38 heavy (non-hydrogen) atoms. The van der Waals surface area contributed by atoms with E-state index in [1.165, 1.54) is 21.7 Å². The predicted molar refractivity (Wildman–Crippen MR) is 156 cm³/mol. The van der Waals surface area contributed by atoms with Gasteiger partial charge in [0.2, 0.25) is 10.0 Å². The topological polar surface area (TPSA) is 71.5 Å². The lowest BCUT2D eigenvalue weighted by atomic mass is 9.74. The average molecular weight is 563 g/mol. The van der Waals surface area contributed by atoms with Gasteiger partial charge in [-0.05, 0) is 27.9 Å². The van der Waals surface area contributed by atoms with Crippen LogP contribution in [0.5, 0.6) is 0 Å². The van der Waals surface area contributed by atoms with Gasteiger partial charge in [0.15, 0.2) is 5.13 Å². The highest BCUT2D eigenvalue weighted by atomic mass is 32.2. The Balaban J connectivity index is 1.36. The van der Waals surface area contributed by atoms with E-state index in [2.05, 4.69) is 78.9 Å². The number of benzene rings is 3. The molecule has 197 valence electrons. The van der Waals surface area contributed by atoms with E-state index >= 15 is 0 Å². The van der Waals surface area contributed by atoms with Crippen molar-refractivity contribution >= 4 is 45.9 Å². The van der Waals surface area contributed by atoms with E-state index in [0.717, 1.165) is 11.7 Å². The normalized spacial score (nSPS) is 17.9. The van der Waals surface area contributed by atoms with Gasteiger partial charge >= 0.3 is 0 Å². The summed E-state index contributed by atoms with van der Waals surface area (Å²) in [7, 11) is -5.10. The summed E-state index contributed by atoms with van der Waals surface area (Å²) in [6, 6.07) is 29.3. The van der Waals surface area contributed by atoms with Crippen LogP contribution < -0.4 is 20.0 Å². The van der Waals surface area contributed by atoms with Gasteiger partial charge in [-0.25, -0.2) is 18.1 Å². The summed E-state index contributed by atoms with van der Waals surface area (Å²) in [6.45, 7) is 7.76. The fraction of sp³-hybridized carbons (Fsp3) is 0.276. The van der Waals surface area contributed by atoms with Crippen molar-refractivity contribution < 1.29 is 12.8 Å². The third-order valence-electron chi connectivity index (χ3n) is 6.75. The van der Waals surface area contributed by atoms with Crippen molar-refractivity contribution in [2.24, 2.45) is 11.3 Å². The van der Waals surface area contributed by atoms with Crippen LogP contribution in [0, 0.1) is 11.3 Å². The molecule has 3 aromatic carbocycles. The maximum atomic E-state index is 12.6. The minimum Gasteiger partial charge on any atom is -0.387 e. The van der Waals surface area contributed by atoms with Crippen molar-refractivity contribution in [3.63, 3.8) is 0 Å². The van der Waals surface area contributed by atoms with Gasteiger partial charge in [0.05, 0.1) is 17.1 Å². The summed E-state index contributed by atoms with van der Waals surface area (Å²) < 4.78 is 35.0. The van der Waals surface area contributed by atoms with Gasteiger partial charge < -0.3 is 9.33 Å². The van der Waals surface area contributed by atoms with E-state index in [1.807, 2.05) is 17.5 Å². The third kappa shape index (κ3) is 5.92. The first-order valence-electron chi connectivity index (χ1n) is 12.6. The molecule has 1 radical (unpaired) electrons. The number of aromatic nitrogens is 1. The molecule has 0 bridgehead atoms. The van der Waals surface area contributed by atoms with Crippen LogP contribution in [-0.2, 0) is 21.0 Å². The Labute approximate surface area is 231 Å². The van der Waals surface area contributed by atoms with Crippen molar-refractivity contribution in [3.05, 3.63) is 102 Å². The number of sulfonamides is 1. The standard InChI is InChI=1S/C29H32N3O3S2Si/c1-29(2,3)26-20-32(27(26)35-38(24-15-9-5-10-16-24)25-17-11-6-12-18-25)28-31-22(21-36-28)19-30-37(33,34)23-13-7-4-8-14-23/h4-18,21,26-27,30H,19-20H2,1-3H3. The first-order chi connectivity index (χ1) is 18.2. The maximum absolute atomic E-state index is 12.6. The minimum atomic E-state index is -3.60. The van der Waals surface area contributed by atoms with Crippen LogP contribution in [0.2, 0.25) is 0 Å². The molecule has 0 saturated carbocycles. The van der Waals surface area contributed by atoms with Crippen LogP contribution in [0.3, 0.4) is 0 Å². The molecular formula is C29H32N3O3S2Si. The zero-order chi connectivity index (χ0) is 26.8. The Morgan fingerprint density at radius 1 is 0.947 bits per heavy atom. The molecule has 0 spiro atoms. The van der Waals surface area contributed by atoms with Crippen molar-refractivity contribution in [1.29, 1.82) is 0 Å². The highest BCUT2D eigenvalue weighted by Crippen LogP contribution is 2.43. The molecule has 5 rings (SSSR count). The fourth-order valence-corrected chi connectivity index (χ4v) is 8.49. The Morgan fingerprint density at radius 3 is 2.05 bits per heavy atom. The molecule has 1 saturated heterocycles. The van der Waals surface area contributed by atoms with Crippen LogP contribution in [0.15, 0.2) is 101 Å². The molecule has 1 aliphatic rings. The molecule has 0 aliphatic carbocycles. The van der Waals surface area contributed by atoms with Gasteiger partial charge in [0.1, 0.15) is 6.23 Å². The van der Waals surface area contributed by atoms with E-state index in [-0.39, 0.29) is 23.1 Å². The molecule has 1 fully saturated rings. The summed E-state index contributed by atoms with van der Waals surface area (Å²) in [6.07, 6.45) is -0.121. The van der Waals surface area contributed by atoms with Crippen molar-refractivity contribution in [2.45, 2.75) is 38.4 Å². The van der Waals surface area contributed by atoms with Gasteiger partial charge in [0, 0.05) is 17.8 Å². The van der Waals surface area contributed by atoms with Crippen LogP contribution in [0.4, 0.5) is 5.13 Å². The predicted octanol–water partition coefficient (Wildman–Crippen LogP) is 4.25. The third-order valence-corrected chi connectivity index (χ3v) is 11.3. The number of hydrogen-bond donors (Lipinski definition) is 1. The molecule has 1 aromatic heterocycles. The van der Waals surface area contributed by atoms with E-state index in [4.69, 9.17) is 9.41 Å². The van der Waals surface area contributed by atoms with E-state index in [1.54, 1.807) is 30.3 Å². The minimum absolute atomic E-state index is 0.0624. The molecular weight excluding hydrogens is 531 g/mol. The van der Waals surface area contributed by atoms with Crippen molar-refractivity contribution in [2.75, 3.05) is 11.4 Å². The first-order valence-corrected chi connectivity index (χ1v) is 16.4. The molecule has 2 unspecified atom stereocenters. The first kappa shape index (κ1) is 26.8. The van der Waals surface area contributed by atoms with Gasteiger partial charge in [0.25, 0.3) is 9.04 Å². The van der Waals surface area contributed by atoms with Crippen LogP contribution in [-0.4, -0.2) is 35.2 Å². The Hall–Kier alpha value is -2.82. The number of nitrogens with one attached hydrogen (secondary N) is 1. The highest BCUT2D eigenvalue weighted by molar-refractivity contribution is 7.89. The van der Waals surface area contributed by atoms with Crippen molar-refractivity contribution in [1.82, 2.24) is 9.71 Å². The highest BCUT2D eigenvalue weighted by Gasteiger charge is 2.48. The average Bonchev–Trinajstić information content (AvgIpc) is 3.36.